The van der Waals surface area contributed by atoms with Crippen LogP contribution in [0.2, 0.25) is 19.6 Å². The maximum Gasteiger partial charge on any atom is 0.303 e. The smallest absolute Gasteiger partial charge is 0.303 e. The lowest BCUT2D eigenvalue weighted by atomic mass is 9.46. The van der Waals surface area contributed by atoms with Crippen LogP contribution in [0.1, 0.15) is 85.0 Å². The molecule has 1 unspecified atom stereocenters. The van der Waals surface area contributed by atoms with Gasteiger partial charge in [-0.05, 0) is 111 Å². The van der Waals surface area contributed by atoms with Gasteiger partial charge in [0.25, 0.3) is 0 Å². The van der Waals surface area contributed by atoms with Gasteiger partial charge in [0, 0.05) is 12.3 Å². The third kappa shape index (κ3) is 4.15. The number of aliphatic carboxylic acids is 1. The Labute approximate surface area is 191 Å². The fraction of sp³-hybridized carbons (Fsp3) is 0.889. The zero-order valence-corrected chi connectivity index (χ0v) is 21.9. The van der Waals surface area contributed by atoms with Gasteiger partial charge in [-0.15, -0.1) is 0 Å². The molecule has 0 aromatic rings. The van der Waals surface area contributed by atoms with Gasteiger partial charge in [0.1, 0.15) is 0 Å². The number of carboxylic acids is 1. The van der Waals surface area contributed by atoms with Crippen molar-refractivity contribution in [3.05, 3.63) is 11.8 Å². The molecule has 31 heavy (non-hydrogen) atoms. The normalized spacial score (nSPS) is 43.3. The molecule has 0 saturated heterocycles. The zero-order chi connectivity index (χ0) is 22.6. The first-order valence-electron chi connectivity index (χ1n) is 13.1. The van der Waals surface area contributed by atoms with Gasteiger partial charge in [-0.1, -0.05) is 33.6 Å². The molecule has 3 nitrogen and oxygen atoms in total. The SMILES string of the molecule is CC(CCC(=O)O)[C@H]1CC[C@H]2[C@@H]3C(O[Si](C)(C)C)=C[C@@H]4CCCC[C@]4(C)[C@H]3CC[C@]12C. The molecule has 3 fully saturated rings. The fourth-order valence-electron chi connectivity index (χ4n) is 8.69. The third-order valence-corrected chi connectivity index (χ3v) is 11.0. The summed E-state index contributed by atoms with van der Waals surface area (Å²) in [6, 6.07) is 0. The fourth-order valence-corrected chi connectivity index (χ4v) is 9.60. The molecule has 0 radical (unpaired) electrons. The van der Waals surface area contributed by atoms with E-state index in [9.17, 15) is 9.90 Å². The molecule has 8 atom stereocenters. The lowest BCUT2D eigenvalue weighted by molar-refractivity contribution is -0.137. The van der Waals surface area contributed by atoms with Crippen molar-refractivity contribution in [1.82, 2.24) is 0 Å². The van der Waals surface area contributed by atoms with Gasteiger partial charge >= 0.3 is 5.97 Å². The van der Waals surface area contributed by atoms with Crippen molar-refractivity contribution in [3.63, 3.8) is 0 Å². The van der Waals surface area contributed by atoms with Crippen molar-refractivity contribution >= 4 is 14.3 Å². The second-order valence-corrected chi connectivity index (χ2v) is 17.4. The average Bonchev–Trinajstić information content (AvgIpc) is 3.02. The van der Waals surface area contributed by atoms with E-state index in [4.69, 9.17) is 4.43 Å². The lowest BCUT2D eigenvalue weighted by Gasteiger charge is -2.60. The van der Waals surface area contributed by atoms with E-state index in [0.29, 0.717) is 46.8 Å². The second kappa shape index (κ2) is 8.22. The first-order valence-corrected chi connectivity index (χ1v) is 16.5. The third-order valence-electron chi connectivity index (χ3n) is 10.1. The maximum atomic E-state index is 11.2. The Morgan fingerprint density at radius 3 is 2.48 bits per heavy atom. The van der Waals surface area contributed by atoms with Crippen LogP contribution in [0.15, 0.2) is 11.8 Å². The summed E-state index contributed by atoms with van der Waals surface area (Å²) in [5.41, 5.74) is 0.780. The predicted octanol–water partition coefficient (Wildman–Crippen LogP) is 7.49. The van der Waals surface area contributed by atoms with Gasteiger partial charge in [-0.3, -0.25) is 4.79 Å². The monoisotopic (exact) mass is 446 g/mol. The number of hydrogen-bond donors (Lipinski definition) is 1. The Hall–Kier alpha value is -0.773. The van der Waals surface area contributed by atoms with Gasteiger partial charge < -0.3 is 9.53 Å². The molecule has 0 aliphatic heterocycles. The van der Waals surface area contributed by atoms with Gasteiger partial charge in [0.15, 0.2) is 0 Å². The zero-order valence-electron chi connectivity index (χ0n) is 20.9. The van der Waals surface area contributed by atoms with Crippen LogP contribution in [0.25, 0.3) is 0 Å². The first-order chi connectivity index (χ1) is 14.5. The quantitative estimate of drug-likeness (QED) is 0.430. The van der Waals surface area contributed by atoms with E-state index in [1.165, 1.54) is 57.1 Å². The highest BCUT2D eigenvalue weighted by Gasteiger charge is 2.61. The van der Waals surface area contributed by atoms with Crippen LogP contribution in [-0.4, -0.2) is 19.4 Å². The van der Waals surface area contributed by atoms with Crippen LogP contribution in [0.5, 0.6) is 0 Å². The molecule has 4 aliphatic carbocycles. The molecule has 3 saturated carbocycles. The van der Waals surface area contributed by atoms with Crippen molar-refractivity contribution in [3.8, 4) is 0 Å². The molecule has 176 valence electrons. The van der Waals surface area contributed by atoms with E-state index >= 15 is 0 Å². The second-order valence-electron chi connectivity index (χ2n) is 13.0. The molecule has 0 aromatic carbocycles. The summed E-state index contributed by atoms with van der Waals surface area (Å²) in [5.74, 6) is 4.63. The highest BCUT2D eigenvalue weighted by atomic mass is 28.4. The molecule has 0 bridgehead atoms. The van der Waals surface area contributed by atoms with Gasteiger partial charge in [-0.2, -0.15) is 0 Å². The molecule has 4 aliphatic rings. The van der Waals surface area contributed by atoms with E-state index in [1.54, 1.807) is 0 Å². The van der Waals surface area contributed by atoms with Crippen LogP contribution < -0.4 is 0 Å². The van der Waals surface area contributed by atoms with Crippen LogP contribution in [-0.2, 0) is 9.22 Å². The standard InChI is InChI=1S/C27H46O3Si/c1-18(10-13-24(28)29)20-11-12-21-25-22(14-16-27(20,21)3)26(2)15-8-7-9-19(26)17-23(25)30-31(4,5)6/h17-22,25H,7-16H2,1-6H3,(H,28,29)/t18?,19-,20+,21-,22-,25-,26-,27+/m0/s1. The number of allylic oxidation sites excluding steroid dienone is 2. The first kappa shape index (κ1) is 23.4. The Balaban J connectivity index is 1.66. The summed E-state index contributed by atoms with van der Waals surface area (Å²) >= 11 is 0. The minimum absolute atomic E-state index is 0.314. The Bertz CT molecular complexity index is 724. The topological polar surface area (TPSA) is 46.5 Å². The van der Waals surface area contributed by atoms with E-state index in [0.717, 1.165) is 12.3 Å². The van der Waals surface area contributed by atoms with Crippen LogP contribution in [0, 0.1) is 46.3 Å². The Morgan fingerprint density at radius 2 is 1.81 bits per heavy atom. The van der Waals surface area contributed by atoms with Crippen molar-refractivity contribution in [1.29, 1.82) is 0 Å². The summed E-state index contributed by atoms with van der Waals surface area (Å²) in [6.45, 7) is 14.5. The van der Waals surface area contributed by atoms with Crippen LogP contribution in [0.3, 0.4) is 0 Å². The van der Waals surface area contributed by atoms with Crippen LogP contribution >= 0.6 is 0 Å². The van der Waals surface area contributed by atoms with Crippen molar-refractivity contribution < 1.29 is 14.3 Å². The molecular formula is C27H46O3Si. The summed E-state index contributed by atoms with van der Waals surface area (Å²) < 4.78 is 6.89. The number of carboxylic acid groups (broad SMARTS) is 1. The number of fused-ring (bicyclic) bond motifs is 5. The van der Waals surface area contributed by atoms with Gasteiger partial charge in [0.2, 0.25) is 8.32 Å². The summed E-state index contributed by atoms with van der Waals surface area (Å²) in [4.78, 5) is 11.2. The van der Waals surface area contributed by atoms with Crippen molar-refractivity contribution in [2.45, 2.75) is 105 Å². The lowest BCUT2D eigenvalue weighted by Crippen LogP contribution is -2.53. The van der Waals surface area contributed by atoms with Crippen molar-refractivity contribution in [2.75, 3.05) is 0 Å². The summed E-state index contributed by atoms with van der Waals surface area (Å²) in [7, 11) is -1.67. The number of rotatable bonds is 6. The number of hydrogen-bond acceptors (Lipinski definition) is 2. The largest absolute Gasteiger partial charge is 0.547 e. The molecule has 4 heteroatoms. The molecule has 1 N–H and O–H groups in total. The van der Waals surface area contributed by atoms with Crippen molar-refractivity contribution in [2.24, 2.45) is 46.3 Å². The van der Waals surface area contributed by atoms with E-state index in [1.807, 2.05) is 0 Å². The van der Waals surface area contributed by atoms with E-state index in [-0.39, 0.29) is 0 Å². The molecule has 0 spiro atoms. The molecule has 0 amide bonds. The maximum absolute atomic E-state index is 11.2. The molecular weight excluding hydrogens is 400 g/mol. The predicted molar refractivity (Wildman–Crippen MR) is 129 cm³/mol. The molecule has 0 heterocycles. The van der Waals surface area contributed by atoms with Gasteiger partial charge in [-0.25, -0.2) is 0 Å². The van der Waals surface area contributed by atoms with Crippen LogP contribution in [0.4, 0.5) is 0 Å². The Kier molecular flexibility index (Phi) is 6.20. The highest BCUT2D eigenvalue weighted by molar-refractivity contribution is 6.70. The molecule has 4 rings (SSSR count). The van der Waals surface area contributed by atoms with E-state index in [2.05, 4.69) is 46.5 Å². The average molecular weight is 447 g/mol. The minimum atomic E-state index is -1.67. The summed E-state index contributed by atoms with van der Waals surface area (Å²) in [6.07, 6.45) is 14.5. The minimum Gasteiger partial charge on any atom is -0.547 e. The Morgan fingerprint density at radius 1 is 1.10 bits per heavy atom. The highest BCUT2D eigenvalue weighted by Crippen LogP contribution is 2.68. The number of carbonyl (C=O) groups is 1. The van der Waals surface area contributed by atoms with E-state index < -0.39 is 14.3 Å². The summed E-state index contributed by atoms with van der Waals surface area (Å²) in [5, 5.41) is 9.22. The van der Waals surface area contributed by atoms with Gasteiger partial charge in [0.05, 0.1) is 5.76 Å². The molecule has 0 aromatic heterocycles.